The molecule has 0 amide bonds. The van der Waals surface area contributed by atoms with Crippen molar-refractivity contribution in [3.63, 3.8) is 0 Å². The maximum Gasteiger partial charge on any atom is 0.327 e. The van der Waals surface area contributed by atoms with Gasteiger partial charge in [-0.15, -0.1) is 11.3 Å². The summed E-state index contributed by atoms with van der Waals surface area (Å²) >= 11 is 1.44. The van der Waals surface area contributed by atoms with Crippen molar-refractivity contribution in [3.8, 4) is 0 Å². The van der Waals surface area contributed by atoms with Crippen LogP contribution in [-0.2, 0) is 28.9 Å². The van der Waals surface area contributed by atoms with E-state index in [1.807, 2.05) is 43.5 Å². The lowest BCUT2D eigenvalue weighted by Crippen LogP contribution is -2.53. The quantitative estimate of drug-likeness (QED) is 0.684. The highest BCUT2D eigenvalue weighted by Crippen LogP contribution is 2.31. The van der Waals surface area contributed by atoms with E-state index in [1.165, 1.54) is 17.4 Å². The molecule has 1 N–H and O–H groups in total. The molecule has 140 valence electrons. The lowest BCUT2D eigenvalue weighted by atomic mass is 9.95. The second-order valence-corrected chi connectivity index (χ2v) is 7.70. The van der Waals surface area contributed by atoms with Crippen LogP contribution >= 0.6 is 11.3 Å². The van der Waals surface area contributed by atoms with Crippen LogP contribution in [0.4, 0.5) is 0 Å². The second-order valence-electron chi connectivity index (χ2n) is 6.86. The molecule has 0 atom stereocenters. The lowest BCUT2D eigenvalue weighted by Gasteiger charge is -2.28. The number of rotatable bonds is 5. The summed E-state index contributed by atoms with van der Waals surface area (Å²) in [7, 11) is 0. The van der Waals surface area contributed by atoms with E-state index in [2.05, 4.69) is 10.3 Å². The molecule has 0 aliphatic heterocycles. The Morgan fingerprint density at radius 1 is 1.33 bits per heavy atom. The molecule has 3 aromatic rings. The van der Waals surface area contributed by atoms with E-state index >= 15 is 0 Å². The standard InChI is InChI=1S/C20H21N3O3S/c1-3-26-18(25)20(9-14-6-4-5-7-15(14)10-20)21-11-16-8-17(24)23-13(2)12-27-19(23)22-16/h4-8,12,21H,3,9-11H2,1-2H3. The maximum absolute atomic E-state index is 12.8. The Labute approximate surface area is 160 Å². The van der Waals surface area contributed by atoms with Crippen LogP contribution in [0.2, 0.25) is 0 Å². The fourth-order valence-electron chi connectivity index (χ4n) is 3.68. The van der Waals surface area contributed by atoms with E-state index < -0.39 is 5.54 Å². The maximum atomic E-state index is 12.8. The zero-order valence-electron chi connectivity index (χ0n) is 15.3. The van der Waals surface area contributed by atoms with Gasteiger partial charge in [-0.2, -0.15) is 0 Å². The van der Waals surface area contributed by atoms with Gasteiger partial charge in [-0.1, -0.05) is 24.3 Å². The number of esters is 1. The van der Waals surface area contributed by atoms with E-state index in [0.717, 1.165) is 16.8 Å². The van der Waals surface area contributed by atoms with Gasteiger partial charge in [-0.05, 0) is 25.0 Å². The van der Waals surface area contributed by atoms with Crippen LogP contribution in [0.15, 0.2) is 40.5 Å². The third kappa shape index (κ3) is 3.17. The van der Waals surface area contributed by atoms with E-state index in [4.69, 9.17) is 4.74 Å². The van der Waals surface area contributed by atoms with Crippen LogP contribution in [-0.4, -0.2) is 27.5 Å². The Morgan fingerprint density at radius 3 is 2.70 bits per heavy atom. The molecule has 2 heterocycles. The highest BCUT2D eigenvalue weighted by Gasteiger charge is 2.44. The molecule has 0 saturated carbocycles. The fraction of sp³-hybridized carbons (Fsp3) is 0.350. The van der Waals surface area contributed by atoms with Gasteiger partial charge in [-0.3, -0.25) is 19.3 Å². The molecule has 6 nitrogen and oxygen atoms in total. The summed E-state index contributed by atoms with van der Waals surface area (Å²) in [5, 5.41) is 5.27. The van der Waals surface area contributed by atoms with Crippen molar-refractivity contribution in [1.82, 2.24) is 14.7 Å². The van der Waals surface area contributed by atoms with Crippen molar-refractivity contribution < 1.29 is 9.53 Å². The van der Waals surface area contributed by atoms with Crippen LogP contribution in [0, 0.1) is 6.92 Å². The molecule has 0 bridgehead atoms. The Kier molecular flexibility index (Phi) is 4.57. The first-order valence-corrected chi connectivity index (χ1v) is 9.86. The average Bonchev–Trinajstić information content (AvgIpc) is 3.22. The summed E-state index contributed by atoms with van der Waals surface area (Å²) in [6, 6.07) is 9.58. The average molecular weight is 383 g/mol. The number of aromatic nitrogens is 2. The van der Waals surface area contributed by atoms with Crippen molar-refractivity contribution in [2.45, 2.75) is 38.8 Å². The zero-order chi connectivity index (χ0) is 19.0. The number of ether oxygens (including phenoxy) is 1. The molecule has 0 radical (unpaired) electrons. The minimum absolute atomic E-state index is 0.101. The molecule has 0 saturated heterocycles. The van der Waals surface area contributed by atoms with Gasteiger partial charge in [0, 0.05) is 36.5 Å². The molecular formula is C20H21N3O3S. The topological polar surface area (TPSA) is 72.7 Å². The summed E-state index contributed by atoms with van der Waals surface area (Å²) in [6.07, 6.45) is 1.14. The largest absolute Gasteiger partial charge is 0.465 e. The molecule has 4 rings (SSSR count). The number of fused-ring (bicyclic) bond motifs is 2. The SMILES string of the molecule is CCOC(=O)C1(NCc2cc(=O)n3c(C)csc3n2)Cc2ccccc2C1. The van der Waals surface area contributed by atoms with Gasteiger partial charge in [0.05, 0.1) is 12.3 Å². The Hall–Kier alpha value is -2.51. The Morgan fingerprint density at radius 2 is 2.04 bits per heavy atom. The fourth-order valence-corrected chi connectivity index (χ4v) is 4.57. The predicted octanol–water partition coefficient (Wildman–Crippen LogP) is 2.25. The lowest BCUT2D eigenvalue weighted by molar-refractivity contribution is -0.151. The number of hydrogen-bond donors (Lipinski definition) is 1. The molecule has 2 aromatic heterocycles. The van der Waals surface area contributed by atoms with Gasteiger partial charge in [0.2, 0.25) is 0 Å². The second kappa shape index (κ2) is 6.90. The molecule has 27 heavy (non-hydrogen) atoms. The van der Waals surface area contributed by atoms with E-state index in [9.17, 15) is 9.59 Å². The van der Waals surface area contributed by atoms with Crippen LogP contribution in [0.5, 0.6) is 0 Å². The van der Waals surface area contributed by atoms with E-state index in [-0.39, 0.29) is 11.5 Å². The van der Waals surface area contributed by atoms with E-state index in [1.54, 1.807) is 4.40 Å². The van der Waals surface area contributed by atoms with Gasteiger partial charge in [0.15, 0.2) is 4.96 Å². The molecule has 7 heteroatoms. The van der Waals surface area contributed by atoms with Crippen molar-refractivity contribution in [1.29, 1.82) is 0 Å². The first-order valence-electron chi connectivity index (χ1n) is 8.98. The number of nitrogens with one attached hydrogen (secondary N) is 1. The third-order valence-corrected chi connectivity index (χ3v) is 5.95. The molecule has 1 aliphatic carbocycles. The number of nitrogens with zero attached hydrogens (tertiary/aromatic N) is 2. The Bertz CT molecular complexity index is 1040. The van der Waals surface area contributed by atoms with Gasteiger partial charge in [0.1, 0.15) is 5.54 Å². The number of aryl methyl sites for hydroxylation is 1. The Balaban J connectivity index is 1.62. The van der Waals surface area contributed by atoms with Gasteiger partial charge < -0.3 is 4.74 Å². The highest BCUT2D eigenvalue weighted by atomic mass is 32.1. The third-order valence-electron chi connectivity index (χ3n) is 5.01. The summed E-state index contributed by atoms with van der Waals surface area (Å²) in [6.45, 7) is 4.35. The van der Waals surface area contributed by atoms with Gasteiger partial charge >= 0.3 is 5.97 Å². The monoisotopic (exact) mass is 383 g/mol. The van der Waals surface area contributed by atoms with Crippen molar-refractivity contribution in [3.05, 3.63) is 68.6 Å². The summed E-state index contributed by atoms with van der Waals surface area (Å²) in [5.74, 6) is -0.258. The molecule has 0 spiro atoms. The van der Waals surface area contributed by atoms with Gasteiger partial charge in [0.25, 0.3) is 5.56 Å². The number of thiazole rings is 1. The summed E-state index contributed by atoms with van der Waals surface area (Å²) in [5.41, 5.74) is 2.88. The normalized spacial score (nSPS) is 15.0. The van der Waals surface area contributed by atoms with Gasteiger partial charge in [-0.25, -0.2) is 4.98 Å². The van der Waals surface area contributed by atoms with Crippen LogP contribution in [0.3, 0.4) is 0 Å². The summed E-state index contributed by atoms with van der Waals surface area (Å²) in [4.78, 5) is 30.4. The minimum Gasteiger partial charge on any atom is -0.465 e. The molecule has 1 aliphatic rings. The number of carbonyl (C=O) groups excluding carboxylic acids is 1. The highest BCUT2D eigenvalue weighted by molar-refractivity contribution is 7.15. The van der Waals surface area contributed by atoms with Crippen molar-refractivity contribution in [2.75, 3.05) is 6.61 Å². The first-order chi connectivity index (χ1) is 13.0. The predicted molar refractivity (Wildman–Crippen MR) is 104 cm³/mol. The first kappa shape index (κ1) is 17.9. The molecular weight excluding hydrogens is 362 g/mol. The van der Waals surface area contributed by atoms with Crippen molar-refractivity contribution in [2.24, 2.45) is 0 Å². The summed E-state index contributed by atoms with van der Waals surface area (Å²) < 4.78 is 6.96. The number of hydrogen-bond acceptors (Lipinski definition) is 6. The molecule has 0 fully saturated rings. The molecule has 0 unspecified atom stereocenters. The smallest absolute Gasteiger partial charge is 0.327 e. The van der Waals surface area contributed by atoms with Crippen LogP contribution in [0.25, 0.3) is 4.96 Å². The zero-order valence-corrected chi connectivity index (χ0v) is 16.1. The number of benzene rings is 1. The van der Waals surface area contributed by atoms with Crippen LogP contribution in [0.1, 0.15) is 29.4 Å². The minimum atomic E-state index is -0.822. The number of carbonyl (C=O) groups is 1. The van der Waals surface area contributed by atoms with E-state index in [0.29, 0.717) is 36.6 Å². The molecule has 1 aromatic carbocycles. The van der Waals surface area contributed by atoms with Crippen LogP contribution < -0.4 is 10.9 Å². The van der Waals surface area contributed by atoms with Crippen molar-refractivity contribution >= 4 is 22.3 Å².